The second-order valence-corrected chi connectivity index (χ2v) is 5.77. The van der Waals surface area contributed by atoms with Crippen molar-refractivity contribution in [3.05, 3.63) is 28.8 Å². The number of hydrogen-bond acceptors (Lipinski definition) is 3. The summed E-state index contributed by atoms with van der Waals surface area (Å²) in [6.45, 7) is 4.69. The molecule has 0 radical (unpaired) electrons. The Kier molecular flexibility index (Phi) is 3.48. The molecule has 6 heteroatoms. The molecule has 1 aromatic rings. The molecule has 3 rings (SSSR count). The van der Waals surface area contributed by atoms with Gasteiger partial charge in [0.1, 0.15) is 0 Å². The highest BCUT2D eigenvalue weighted by Gasteiger charge is 2.35. The third-order valence-corrected chi connectivity index (χ3v) is 4.33. The Morgan fingerprint density at radius 2 is 2.25 bits per heavy atom. The van der Waals surface area contributed by atoms with Crippen LogP contribution in [-0.4, -0.2) is 48.3 Å². The molecule has 108 valence electrons. The molecule has 0 bridgehead atoms. The smallest absolute Gasteiger partial charge is 0.317 e. The summed E-state index contributed by atoms with van der Waals surface area (Å²) in [5.74, 6) is 0. The number of halogens is 1. The highest BCUT2D eigenvalue weighted by atomic mass is 35.5. The number of urea groups is 1. The predicted molar refractivity (Wildman–Crippen MR) is 78.2 cm³/mol. The standard InChI is InChI=1S/C14H18ClN3O2/c1-9(19)10-2-3-13(12(15)6-10)17-4-5-18-11(8-17)7-16-14(18)20/h2-3,6,9,11,19H,4-5,7-8H2,1H3,(H,16,20)/t9-,11?/m0/s1. The first kappa shape index (κ1) is 13.5. The number of fused-ring (bicyclic) bond motifs is 1. The van der Waals surface area contributed by atoms with Crippen molar-refractivity contribution in [3.8, 4) is 0 Å². The molecule has 0 aliphatic carbocycles. The third kappa shape index (κ3) is 2.31. The average Bonchev–Trinajstić information content (AvgIpc) is 2.79. The number of aliphatic hydroxyl groups excluding tert-OH is 1. The van der Waals surface area contributed by atoms with Gasteiger partial charge >= 0.3 is 6.03 Å². The molecule has 2 fully saturated rings. The molecule has 2 aliphatic rings. The zero-order valence-electron chi connectivity index (χ0n) is 11.3. The van der Waals surface area contributed by atoms with E-state index in [1.165, 1.54) is 0 Å². The summed E-state index contributed by atoms with van der Waals surface area (Å²) in [4.78, 5) is 15.7. The Labute approximate surface area is 123 Å². The van der Waals surface area contributed by atoms with Crippen molar-refractivity contribution in [1.82, 2.24) is 10.2 Å². The molecule has 5 nitrogen and oxygen atoms in total. The summed E-state index contributed by atoms with van der Waals surface area (Å²) in [7, 11) is 0. The lowest BCUT2D eigenvalue weighted by Crippen LogP contribution is -2.52. The van der Waals surface area contributed by atoms with E-state index in [0.717, 1.165) is 24.3 Å². The summed E-state index contributed by atoms with van der Waals surface area (Å²) in [6, 6.07) is 5.90. The van der Waals surface area contributed by atoms with Gasteiger partial charge in [-0.3, -0.25) is 0 Å². The number of hydrogen-bond donors (Lipinski definition) is 2. The van der Waals surface area contributed by atoms with Gasteiger partial charge in [0.25, 0.3) is 0 Å². The zero-order chi connectivity index (χ0) is 14.3. The van der Waals surface area contributed by atoms with Gasteiger partial charge in [0, 0.05) is 26.2 Å². The Morgan fingerprint density at radius 1 is 1.45 bits per heavy atom. The van der Waals surface area contributed by atoms with Gasteiger partial charge in [-0.15, -0.1) is 0 Å². The number of carbonyl (C=O) groups is 1. The third-order valence-electron chi connectivity index (χ3n) is 4.03. The average molecular weight is 296 g/mol. The molecule has 20 heavy (non-hydrogen) atoms. The molecule has 1 unspecified atom stereocenters. The van der Waals surface area contributed by atoms with Crippen molar-refractivity contribution in [3.63, 3.8) is 0 Å². The number of anilines is 1. The van der Waals surface area contributed by atoms with Gasteiger partial charge in [0.05, 0.1) is 22.9 Å². The van der Waals surface area contributed by atoms with Crippen molar-refractivity contribution < 1.29 is 9.90 Å². The number of carbonyl (C=O) groups excluding carboxylic acids is 1. The number of benzene rings is 1. The maximum absolute atomic E-state index is 11.6. The predicted octanol–water partition coefficient (Wildman–Crippen LogP) is 1.61. The highest BCUT2D eigenvalue weighted by molar-refractivity contribution is 6.33. The SMILES string of the molecule is C[C@H](O)c1ccc(N2CCN3C(=O)NCC3C2)c(Cl)c1. The first-order valence-electron chi connectivity index (χ1n) is 6.83. The number of rotatable bonds is 2. The molecule has 2 saturated heterocycles. The van der Waals surface area contributed by atoms with E-state index in [1.807, 2.05) is 23.1 Å². The minimum absolute atomic E-state index is 0.0326. The summed E-state index contributed by atoms with van der Waals surface area (Å²) in [5.41, 5.74) is 1.78. The summed E-state index contributed by atoms with van der Waals surface area (Å²) in [6.07, 6.45) is -0.518. The van der Waals surface area contributed by atoms with E-state index in [9.17, 15) is 9.90 Å². The monoisotopic (exact) mass is 295 g/mol. The lowest BCUT2D eigenvalue weighted by Gasteiger charge is -2.38. The van der Waals surface area contributed by atoms with Crippen LogP contribution < -0.4 is 10.2 Å². The largest absolute Gasteiger partial charge is 0.389 e. The molecule has 2 heterocycles. The molecular weight excluding hydrogens is 278 g/mol. The molecule has 2 atom stereocenters. The van der Waals surface area contributed by atoms with Crippen molar-refractivity contribution in [2.24, 2.45) is 0 Å². The van der Waals surface area contributed by atoms with Gasteiger partial charge in [-0.1, -0.05) is 17.7 Å². The van der Waals surface area contributed by atoms with Gasteiger partial charge in [-0.2, -0.15) is 0 Å². The lowest BCUT2D eigenvalue weighted by atomic mass is 10.1. The quantitative estimate of drug-likeness (QED) is 0.871. The fourth-order valence-electron chi connectivity index (χ4n) is 2.86. The minimum Gasteiger partial charge on any atom is -0.389 e. The number of nitrogens with zero attached hydrogens (tertiary/aromatic N) is 2. The maximum atomic E-state index is 11.6. The van der Waals surface area contributed by atoms with Crippen LogP contribution in [0.1, 0.15) is 18.6 Å². The van der Waals surface area contributed by atoms with E-state index in [-0.39, 0.29) is 12.1 Å². The Bertz CT molecular complexity index is 535. The van der Waals surface area contributed by atoms with Crippen LogP contribution in [0.2, 0.25) is 5.02 Å². The van der Waals surface area contributed by atoms with Crippen molar-refractivity contribution in [2.75, 3.05) is 31.1 Å². The fraction of sp³-hybridized carbons (Fsp3) is 0.500. The highest BCUT2D eigenvalue weighted by Crippen LogP contribution is 2.31. The van der Waals surface area contributed by atoms with E-state index in [4.69, 9.17) is 11.6 Å². The van der Waals surface area contributed by atoms with Crippen LogP contribution in [0.4, 0.5) is 10.5 Å². The van der Waals surface area contributed by atoms with Gasteiger partial charge in [0.2, 0.25) is 0 Å². The molecule has 2 aliphatic heterocycles. The van der Waals surface area contributed by atoms with Crippen LogP contribution in [0, 0.1) is 0 Å². The summed E-state index contributed by atoms with van der Waals surface area (Å²) < 4.78 is 0. The van der Waals surface area contributed by atoms with Crippen molar-refractivity contribution in [2.45, 2.75) is 19.1 Å². The number of nitrogens with one attached hydrogen (secondary N) is 1. The number of aliphatic hydroxyl groups is 1. The van der Waals surface area contributed by atoms with Crippen LogP contribution in [0.25, 0.3) is 0 Å². The zero-order valence-corrected chi connectivity index (χ0v) is 12.1. The maximum Gasteiger partial charge on any atom is 0.317 e. The lowest BCUT2D eigenvalue weighted by molar-refractivity contribution is 0.197. The second kappa shape index (κ2) is 5.14. The van der Waals surface area contributed by atoms with Crippen molar-refractivity contribution >= 4 is 23.3 Å². The van der Waals surface area contributed by atoms with E-state index in [1.54, 1.807) is 6.92 Å². The molecule has 0 aromatic heterocycles. The van der Waals surface area contributed by atoms with Gasteiger partial charge in [-0.05, 0) is 24.6 Å². The molecule has 0 spiro atoms. The van der Waals surface area contributed by atoms with E-state index in [2.05, 4.69) is 10.2 Å². The van der Waals surface area contributed by atoms with Crippen LogP contribution in [-0.2, 0) is 0 Å². The van der Waals surface area contributed by atoms with Crippen molar-refractivity contribution in [1.29, 1.82) is 0 Å². The van der Waals surface area contributed by atoms with E-state index in [0.29, 0.717) is 18.1 Å². The minimum atomic E-state index is -0.518. The Balaban J connectivity index is 1.79. The summed E-state index contributed by atoms with van der Waals surface area (Å²) >= 11 is 6.33. The molecule has 2 N–H and O–H groups in total. The van der Waals surface area contributed by atoms with E-state index >= 15 is 0 Å². The van der Waals surface area contributed by atoms with Crippen LogP contribution in [0.15, 0.2) is 18.2 Å². The van der Waals surface area contributed by atoms with Gasteiger partial charge in [0.15, 0.2) is 0 Å². The van der Waals surface area contributed by atoms with Crippen LogP contribution >= 0.6 is 11.6 Å². The second-order valence-electron chi connectivity index (χ2n) is 5.37. The normalized spacial score (nSPS) is 23.6. The topological polar surface area (TPSA) is 55.8 Å². The Hall–Kier alpha value is -1.46. The summed E-state index contributed by atoms with van der Waals surface area (Å²) in [5, 5.41) is 13.1. The van der Waals surface area contributed by atoms with Gasteiger partial charge in [-0.25, -0.2) is 4.79 Å². The molecule has 0 saturated carbocycles. The first-order valence-corrected chi connectivity index (χ1v) is 7.21. The molecule has 1 aromatic carbocycles. The Morgan fingerprint density at radius 3 is 2.95 bits per heavy atom. The van der Waals surface area contributed by atoms with E-state index < -0.39 is 6.10 Å². The molecule has 2 amide bonds. The molecular formula is C14H18ClN3O2. The number of amides is 2. The van der Waals surface area contributed by atoms with Gasteiger partial charge < -0.3 is 20.2 Å². The van der Waals surface area contributed by atoms with Crippen LogP contribution in [0.3, 0.4) is 0 Å². The van der Waals surface area contributed by atoms with Crippen LogP contribution in [0.5, 0.6) is 0 Å². The fourth-order valence-corrected chi connectivity index (χ4v) is 3.17. The number of piperazine rings is 1. The first-order chi connectivity index (χ1) is 9.56.